The number of carbonyl (C=O) groups excluding carboxylic acids is 3. The molecule has 1 unspecified atom stereocenters. The van der Waals surface area contributed by atoms with Crippen LogP contribution in [0.5, 0.6) is 0 Å². The number of hydrogen-bond acceptors (Lipinski definition) is 5. The summed E-state index contributed by atoms with van der Waals surface area (Å²) in [4.78, 5) is 49.8. The maximum atomic E-state index is 12.7. The molecule has 0 aromatic carbocycles. The molecule has 0 aromatic heterocycles. The molecule has 0 aromatic rings. The molecule has 0 heterocycles. The minimum atomic E-state index is -1.45. The highest BCUT2D eigenvalue weighted by atomic mass is 16.5. The first kappa shape index (κ1) is 25.6. The van der Waals surface area contributed by atoms with E-state index in [-0.39, 0.29) is 19.4 Å². The zero-order valence-electron chi connectivity index (χ0n) is 17.2. The largest absolute Gasteiger partial charge is 0.481 e. The SMILES string of the molecule is CC/C=C/CCC(=O)N(C(=O)CC/C=C/CC)C(CC(=O)O)C(=O)OCCC. The van der Waals surface area contributed by atoms with Crippen LogP contribution in [-0.2, 0) is 23.9 Å². The van der Waals surface area contributed by atoms with Gasteiger partial charge in [-0.15, -0.1) is 0 Å². The van der Waals surface area contributed by atoms with Crippen molar-refractivity contribution in [1.29, 1.82) is 0 Å². The van der Waals surface area contributed by atoms with E-state index in [4.69, 9.17) is 4.74 Å². The Hall–Kier alpha value is -2.44. The number of esters is 1. The van der Waals surface area contributed by atoms with Crippen LogP contribution < -0.4 is 0 Å². The number of carboxylic acid groups (broad SMARTS) is 1. The lowest BCUT2D eigenvalue weighted by molar-refractivity contribution is -0.163. The molecule has 1 N–H and O–H groups in total. The predicted octanol–water partition coefficient (Wildman–Crippen LogP) is 3.63. The lowest BCUT2D eigenvalue weighted by Gasteiger charge is -2.27. The van der Waals surface area contributed by atoms with Crippen molar-refractivity contribution in [3.05, 3.63) is 24.3 Å². The van der Waals surface area contributed by atoms with E-state index in [9.17, 15) is 24.3 Å². The van der Waals surface area contributed by atoms with E-state index in [1.54, 1.807) is 6.92 Å². The Bertz CT molecular complexity index is 537. The fourth-order valence-corrected chi connectivity index (χ4v) is 2.45. The molecule has 0 fully saturated rings. The molecule has 0 aliphatic heterocycles. The molecular weight excluding hydrogens is 362 g/mol. The number of aliphatic carboxylic acids is 1. The molecule has 28 heavy (non-hydrogen) atoms. The highest BCUT2D eigenvalue weighted by Crippen LogP contribution is 2.14. The maximum absolute atomic E-state index is 12.7. The van der Waals surface area contributed by atoms with Crippen molar-refractivity contribution in [3.8, 4) is 0 Å². The Morgan fingerprint density at radius 3 is 1.79 bits per heavy atom. The van der Waals surface area contributed by atoms with Gasteiger partial charge in [0.05, 0.1) is 13.0 Å². The third-order valence-electron chi connectivity index (χ3n) is 3.79. The number of ether oxygens (including phenoxy) is 1. The molecule has 1 atom stereocenters. The highest BCUT2D eigenvalue weighted by molar-refractivity contribution is 6.00. The molecule has 0 bridgehead atoms. The molecule has 0 saturated heterocycles. The number of nitrogens with zero attached hydrogens (tertiary/aromatic N) is 1. The number of rotatable bonds is 14. The fraction of sp³-hybridized carbons (Fsp3) is 0.619. The molecule has 0 aliphatic carbocycles. The summed E-state index contributed by atoms with van der Waals surface area (Å²) in [5.41, 5.74) is 0. The van der Waals surface area contributed by atoms with Gasteiger partial charge in [-0.2, -0.15) is 0 Å². The number of carbonyl (C=O) groups is 4. The standard InChI is InChI=1S/C21H33NO6/c1-4-7-9-11-13-18(23)22(19(24)14-12-10-8-5-2)17(16-20(25)26)21(27)28-15-6-3/h7-10,17H,4-6,11-16H2,1-3H3,(H,25,26)/b9-7+,10-8+. The maximum Gasteiger partial charge on any atom is 0.329 e. The minimum Gasteiger partial charge on any atom is -0.481 e. The van der Waals surface area contributed by atoms with Gasteiger partial charge in [0.15, 0.2) is 0 Å². The van der Waals surface area contributed by atoms with Gasteiger partial charge in [0.2, 0.25) is 11.8 Å². The lowest BCUT2D eigenvalue weighted by atomic mass is 10.1. The van der Waals surface area contributed by atoms with Crippen LogP contribution in [0.1, 0.15) is 72.1 Å². The van der Waals surface area contributed by atoms with Gasteiger partial charge in [-0.25, -0.2) is 4.79 Å². The Balaban J connectivity index is 5.50. The number of allylic oxidation sites excluding steroid dienone is 4. The van der Waals surface area contributed by atoms with Crippen LogP contribution in [0.4, 0.5) is 0 Å². The summed E-state index contributed by atoms with van der Waals surface area (Å²) in [6.45, 7) is 5.83. The van der Waals surface area contributed by atoms with E-state index in [1.807, 2.05) is 38.2 Å². The number of carboxylic acids is 1. The molecule has 7 heteroatoms. The molecule has 0 spiro atoms. The summed E-state index contributed by atoms with van der Waals surface area (Å²) in [6.07, 6.45) is 9.85. The molecule has 0 aliphatic rings. The zero-order chi connectivity index (χ0) is 21.4. The predicted molar refractivity (Wildman–Crippen MR) is 106 cm³/mol. The Morgan fingerprint density at radius 2 is 1.39 bits per heavy atom. The Labute approximate surface area is 167 Å². The zero-order valence-corrected chi connectivity index (χ0v) is 17.2. The van der Waals surface area contributed by atoms with Crippen LogP contribution in [0.15, 0.2) is 24.3 Å². The number of hydrogen-bond donors (Lipinski definition) is 1. The van der Waals surface area contributed by atoms with Gasteiger partial charge in [0, 0.05) is 12.8 Å². The van der Waals surface area contributed by atoms with E-state index in [2.05, 4.69) is 0 Å². The molecular formula is C21H33NO6. The van der Waals surface area contributed by atoms with E-state index < -0.39 is 36.2 Å². The van der Waals surface area contributed by atoms with Gasteiger partial charge in [0.25, 0.3) is 0 Å². The normalized spacial score (nSPS) is 12.2. The second kappa shape index (κ2) is 15.6. The first-order valence-electron chi connectivity index (χ1n) is 9.92. The summed E-state index contributed by atoms with van der Waals surface area (Å²) in [6, 6.07) is -1.45. The first-order chi connectivity index (χ1) is 13.4. The van der Waals surface area contributed by atoms with Crippen molar-refractivity contribution in [2.24, 2.45) is 0 Å². The molecule has 2 amide bonds. The minimum absolute atomic E-state index is 0.0181. The highest BCUT2D eigenvalue weighted by Gasteiger charge is 2.36. The molecule has 0 saturated carbocycles. The van der Waals surface area contributed by atoms with Gasteiger partial charge in [-0.1, -0.05) is 45.1 Å². The topological polar surface area (TPSA) is 101 Å². The summed E-state index contributed by atoms with van der Waals surface area (Å²) in [5, 5.41) is 9.18. The quantitative estimate of drug-likeness (QED) is 0.356. The summed E-state index contributed by atoms with van der Waals surface area (Å²) in [5.74, 6) is -3.27. The summed E-state index contributed by atoms with van der Waals surface area (Å²) >= 11 is 0. The van der Waals surface area contributed by atoms with E-state index in [1.165, 1.54) is 0 Å². The van der Waals surface area contributed by atoms with Crippen LogP contribution in [-0.4, -0.2) is 46.4 Å². The van der Waals surface area contributed by atoms with Crippen molar-refractivity contribution < 1.29 is 29.0 Å². The van der Waals surface area contributed by atoms with Crippen molar-refractivity contribution in [2.75, 3.05) is 6.61 Å². The van der Waals surface area contributed by atoms with Gasteiger partial charge in [-0.05, 0) is 32.1 Å². The average molecular weight is 395 g/mol. The molecule has 7 nitrogen and oxygen atoms in total. The molecule has 0 radical (unpaired) electrons. The van der Waals surface area contributed by atoms with Gasteiger partial charge in [0.1, 0.15) is 6.04 Å². The lowest BCUT2D eigenvalue weighted by Crippen LogP contribution is -2.50. The summed E-state index contributed by atoms with van der Waals surface area (Å²) < 4.78 is 5.05. The number of imide groups is 1. The van der Waals surface area contributed by atoms with Crippen LogP contribution >= 0.6 is 0 Å². The molecule has 0 rings (SSSR count). The summed E-state index contributed by atoms with van der Waals surface area (Å²) in [7, 11) is 0. The van der Waals surface area contributed by atoms with Crippen molar-refractivity contribution >= 4 is 23.8 Å². The number of amides is 2. The van der Waals surface area contributed by atoms with Crippen molar-refractivity contribution in [2.45, 2.75) is 78.2 Å². The van der Waals surface area contributed by atoms with Crippen LogP contribution in [0.3, 0.4) is 0 Å². The van der Waals surface area contributed by atoms with Crippen molar-refractivity contribution in [3.63, 3.8) is 0 Å². The van der Waals surface area contributed by atoms with Crippen LogP contribution in [0.2, 0.25) is 0 Å². The Kier molecular flexibility index (Phi) is 14.2. The third-order valence-corrected chi connectivity index (χ3v) is 3.79. The van der Waals surface area contributed by atoms with E-state index in [0.29, 0.717) is 19.3 Å². The second-order valence-electron chi connectivity index (χ2n) is 6.28. The smallest absolute Gasteiger partial charge is 0.329 e. The molecule has 158 valence electrons. The third kappa shape index (κ3) is 10.6. The Morgan fingerprint density at radius 1 is 0.893 bits per heavy atom. The van der Waals surface area contributed by atoms with Gasteiger partial charge in [-0.3, -0.25) is 19.3 Å². The van der Waals surface area contributed by atoms with Crippen LogP contribution in [0.25, 0.3) is 0 Å². The monoisotopic (exact) mass is 395 g/mol. The van der Waals surface area contributed by atoms with Crippen LogP contribution in [0, 0.1) is 0 Å². The van der Waals surface area contributed by atoms with E-state index >= 15 is 0 Å². The second-order valence-corrected chi connectivity index (χ2v) is 6.28. The first-order valence-corrected chi connectivity index (χ1v) is 9.92. The average Bonchev–Trinajstić information content (AvgIpc) is 2.65. The fourth-order valence-electron chi connectivity index (χ4n) is 2.45. The van der Waals surface area contributed by atoms with Crippen molar-refractivity contribution in [1.82, 2.24) is 4.90 Å². The van der Waals surface area contributed by atoms with E-state index in [0.717, 1.165) is 17.7 Å². The van der Waals surface area contributed by atoms with Gasteiger partial charge < -0.3 is 9.84 Å². The van der Waals surface area contributed by atoms with Gasteiger partial charge >= 0.3 is 11.9 Å².